The molecule has 0 saturated carbocycles. The number of benzene rings is 2. The van der Waals surface area contributed by atoms with Crippen molar-refractivity contribution < 1.29 is 9.63 Å². The van der Waals surface area contributed by atoms with Crippen LogP contribution >= 0.6 is 0 Å². The van der Waals surface area contributed by atoms with Gasteiger partial charge in [-0.15, -0.1) is 0 Å². The minimum absolute atomic E-state index is 0.0980. The van der Waals surface area contributed by atoms with Gasteiger partial charge in [0.15, 0.2) is 0 Å². The highest BCUT2D eigenvalue weighted by molar-refractivity contribution is 6.04. The Bertz CT molecular complexity index is 739. The van der Waals surface area contributed by atoms with Gasteiger partial charge in [0.05, 0.1) is 6.21 Å². The maximum atomic E-state index is 12.4. The van der Waals surface area contributed by atoms with E-state index in [0.717, 1.165) is 30.8 Å². The molecular weight excluding hydrogens is 302 g/mol. The summed E-state index contributed by atoms with van der Waals surface area (Å²) in [6.45, 7) is 4.25. The first kappa shape index (κ1) is 16.2. The Morgan fingerprint density at radius 1 is 1.25 bits per heavy atom. The molecular formula is C19H21N3O2. The highest BCUT2D eigenvalue weighted by atomic mass is 16.6. The second-order valence-corrected chi connectivity index (χ2v) is 5.64. The van der Waals surface area contributed by atoms with Crippen LogP contribution in [0.15, 0.2) is 47.6 Å². The quantitative estimate of drug-likeness (QED) is 0.657. The molecule has 0 aliphatic carbocycles. The minimum Gasteiger partial charge on any atom is -0.396 e. The normalized spacial score (nSPS) is 13.5. The van der Waals surface area contributed by atoms with Gasteiger partial charge in [0.2, 0.25) is 0 Å². The molecule has 0 atom stereocenters. The molecule has 0 spiro atoms. The van der Waals surface area contributed by atoms with E-state index in [0.29, 0.717) is 12.2 Å². The van der Waals surface area contributed by atoms with Crippen LogP contribution in [0.1, 0.15) is 34.0 Å². The molecule has 1 aliphatic rings. The lowest BCUT2D eigenvalue weighted by atomic mass is 9.98. The van der Waals surface area contributed by atoms with Crippen molar-refractivity contribution in [1.29, 1.82) is 0 Å². The summed E-state index contributed by atoms with van der Waals surface area (Å²) in [5.41, 5.74) is 4.88. The van der Waals surface area contributed by atoms with Crippen molar-refractivity contribution in [3.8, 4) is 0 Å². The molecule has 1 heterocycles. The molecule has 2 aromatic rings. The SMILES string of the molecule is CCON=Cc1ccc(NC(=O)c2ccc3c(c2)CNCC3)cc1. The van der Waals surface area contributed by atoms with Crippen LogP contribution in [0, 0.1) is 0 Å². The largest absolute Gasteiger partial charge is 0.396 e. The fourth-order valence-corrected chi connectivity index (χ4v) is 2.65. The maximum absolute atomic E-state index is 12.4. The van der Waals surface area contributed by atoms with E-state index >= 15 is 0 Å². The highest BCUT2D eigenvalue weighted by Crippen LogP contribution is 2.17. The van der Waals surface area contributed by atoms with Crippen LogP contribution in [-0.4, -0.2) is 25.3 Å². The molecule has 5 heteroatoms. The summed E-state index contributed by atoms with van der Waals surface area (Å²) in [7, 11) is 0. The summed E-state index contributed by atoms with van der Waals surface area (Å²) in [6, 6.07) is 13.4. The number of carbonyl (C=O) groups excluding carboxylic acids is 1. The van der Waals surface area contributed by atoms with Crippen molar-refractivity contribution in [3.05, 3.63) is 64.7 Å². The number of carbonyl (C=O) groups is 1. The van der Waals surface area contributed by atoms with Gasteiger partial charge in [0, 0.05) is 17.8 Å². The lowest BCUT2D eigenvalue weighted by Crippen LogP contribution is -2.24. The van der Waals surface area contributed by atoms with E-state index < -0.39 is 0 Å². The number of rotatable bonds is 5. The zero-order chi connectivity index (χ0) is 16.8. The van der Waals surface area contributed by atoms with Gasteiger partial charge in [-0.2, -0.15) is 0 Å². The number of amides is 1. The maximum Gasteiger partial charge on any atom is 0.255 e. The van der Waals surface area contributed by atoms with Gasteiger partial charge in [0.1, 0.15) is 6.61 Å². The lowest BCUT2D eigenvalue weighted by Gasteiger charge is -2.17. The van der Waals surface area contributed by atoms with Gasteiger partial charge >= 0.3 is 0 Å². The number of hydrogen-bond acceptors (Lipinski definition) is 4. The van der Waals surface area contributed by atoms with Crippen molar-refractivity contribution in [1.82, 2.24) is 5.32 Å². The summed E-state index contributed by atoms with van der Waals surface area (Å²) >= 11 is 0. The Morgan fingerprint density at radius 2 is 2.08 bits per heavy atom. The zero-order valence-corrected chi connectivity index (χ0v) is 13.7. The van der Waals surface area contributed by atoms with Gasteiger partial charge in [-0.1, -0.05) is 23.4 Å². The van der Waals surface area contributed by atoms with Crippen molar-refractivity contribution in [2.75, 3.05) is 18.5 Å². The third-order valence-electron chi connectivity index (χ3n) is 3.93. The second-order valence-electron chi connectivity index (χ2n) is 5.64. The topological polar surface area (TPSA) is 62.7 Å². The molecule has 0 bridgehead atoms. The van der Waals surface area contributed by atoms with E-state index in [1.807, 2.05) is 43.3 Å². The fourth-order valence-electron chi connectivity index (χ4n) is 2.65. The first-order valence-electron chi connectivity index (χ1n) is 8.15. The van der Waals surface area contributed by atoms with Gasteiger partial charge in [-0.3, -0.25) is 4.79 Å². The van der Waals surface area contributed by atoms with E-state index in [2.05, 4.69) is 21.9 Å². The average molecular weight is 323 g/mol. The Labute approximate surface area is 141 Å². The molecule has 0 unspecified atom stereocenters. The summed E-state index contributed by atoms with van der Waals surface area (Å²) in [4.78, 5) is 17.3. The number of oxime groups is 1. The molecule has 24 heavy (non-hydrogen) atoms. The predicted molar refractivity (Wildman–Crippen MR) is 95.5 cm³/mol. The Hall–Kier alpha value is -2.66. The predicted octanol–water partition coefficient (Wildman–Crippen LogP) is 2.96. The van der Waals surface area contributed by atoms with E-state index in [4.69, 9.17) is 4.84 Å². The Kier molecular flexibility index (Phi) is 5.23. The van der Waals surface area contributed by atoms with Crippen LogP contribution in [0.4, 0.5) is 5.69 Å². The molecule has 0 radical (unpaired) electrons. The first-order valence-corrected chi connectivity index (χ1v) is 8.15. The standard InChI is InChI=1S/C19H21N3O2/c1-2-24-21-12-14-3-7-18(8-4-14)22-19(23)16-6-5-15-9-10-20-13-17(15)11-16/h3-8,11-12,20H,2,9-10,13H2,1H3,(H,22,23). The molecule has 1 amide bonds. The lowest BCUT2D eigenvalue weighted by molar-refractivity contribution is 0.102. The van der Waals surface area contributed by atoms with Gasteiger partial charge in [-0.05, 0) is 60.8 Å². The summed E-state index contributed by atoms with van der Waals surface area (Å²) in [5, 5.41) is 10.1. The Balaban J connectivity index is 1.66. The molecule has 0 fully saturated rings. The smallest absolute Gasteiger partial charge is 0.255 e. The first-order chi connectivity index (χ1) is 11.8. The van der Waals surface area contributed by atoms with Crippen molar-refractivity contribution >= 4 is 17.8 Å². The second kappa shape index (κ2) is 7.75. The minimum atomic E-state index is -0.0980. The van der Waals surface area contributed by atoms with Crippen molar-refractivity contribution in [2.45, 2.75) is 19.9 Å². The number of anilines is 1. The van der Waals surface area contributed by atoms with Gasteiger partial charge < -0.3 is 15.5 Å². The monoisotopic (exact) mass is 323 g/mol. The fraction of sp³-hybridized carbons (Fsp3) is 0.263. The Morgan fingerprint density at radius 3 is 2.88 bits per heavy atom. The van der Waals surface area contributed by atoms with Gasteiger partial charge in [0.25, 0.3) is 5.91 Å². The average Bonchev–Trinajstić information content (AvgIpc) is 2.63. The number of hydrogen-bond donors (Lipinski definition) is 2. The molecule has 0 saturated heterocycles. The summed E-state index contributed by atoms with van der Waals surface area (Å²) < 4.78 is 0. The summed E-state index contributed by atoms with van der Waals surface area (Å²) in [6.07, 6.45) is 2.66. The molecule has 1 aliphatic heterocycles. The third kappa shape index (κ3) is 4.00. The van der Waals surface area contributed by atoms with Crippen LogP contribution in [-0.2, 0) is 17.8 Å². The number of nitrogens with one attached hydrogen (secondary N) is 2. The third-order valence-corrected chi connectivity index (χ3v) is 3.93. The van der Waals surface area contributed by atoms with Gasteiger partial charge in [-0.25, -0.2) is 0 Å². The molecule has 0 aromatic heterocycles. The molecule has 3 rings (SSSR count). The summed E-state index contributed by atoms with van der Waals surface area (Å²) in [5.74, 6) is -0.0980. The van der Waals surface area contributed by atoms with E-state index in [1.54, 1.807) is 6.21 Å². The van der Waals surface area contributed by atoms with E-state index in [1.165, 1.54) is 11.1 Å². The van der Waals surface area contributed by atoms with Crippen LogP contribution < -0.4 is 10.6 Å². The number of fused-ring (bicyclic) bond motifs is 1. The molecule has 124 valence electrons. The van der Waals surface area contributed by atoms with E-state index in [9.17, 15) is 4.79 Å². The number of nitrogens with zero attached hydrogens (tertiary/aromatic N) is 1. The molecule has 2 aromatic carbocycles. The zero-order valence-electron chi connectivity index (χ0n) is 13.7. The molecule has 5 nitrogen and oxygen atoms in total. The molecule has 2 N–H and O–H groups in total. The van der Waals surface area contributed by atoms with Crippen LogP contribution in [0.5, 0.6) is 0 Å². The van der Waals surface area contributed by atoms with Crippen LogP contribution in [0.25, 0.3) is 0 Å². The van der Waals surface area contributed by atoms with Crippen LogP contribution in [0.3, 0.4) is 0 Å². The van der Waals surface area contributed by atoms with Crippen molar-refractivity contribution in [3.63, 3.8) is 0 Å². The van der Waals surface area contributed by atoms with E-state index in [-0.39, 0.29) is 5.91 Å². The van der Waals surface area contributed by atoms with Crippen LogP contribution in [0.2, 0.25) is 0 Å². The van der Waals surface area contributed by atoms with Crippen molar-refractivity contribution in [2.24, 2.45) is 5.16 Å². The highest BCUT2D eigenvalue weighted by Gasteiger charge is 2.12.